The van der Waals surface area contributed by atoms with Gasteiger partial charge in [-0.3, -0.25) is 0 Å². The minimum Gasteiger partial charge on any atom is -0.407 e. The van der Waals surface area contributed by atoms with Crippen LogP contribution in [0, 0.1) is 12.8 Å². The molecule has 0 fully saturated rings. The molecule has 0 radical (unpaired) electrons. The summed E-state index contributed by atoms with van der Waals surface area (Å²) >= 11 is 0. The van der Waals surface area contributed by atoms with E-state index < -0.39 is 0 Å². The van der Waals surface area contributed by atoms with Crippen LogP contribution < -0.4 is 0 Å². The number of hydrogen-bond donors (Lipinski definition) is 0. The van der Waals surface area contributed by atoms with Crippen LogP contribution in [0.15, 0.2) is 35.0 Å². The third-order valence-electron chi connectivity index (χ3n) is 2.48. The number of carbonyl (C=O) groups is 1. The predicted molar refractivity (Wildman–Crippen MR) is 67.5 cm³/mol. The van der Waals surface area contributed by atoms with Crippen LogP contribution >= 0.6 is 0 Å². The van der Waals surface area contributed by atoms with Crippen molar-refractivity contribution in [2.75, 3.05) is 0 Å². The summed E-state index contributed by atoms with van der Waals surface area (Å²) in [5.41, 5.74) is 2.49. The zero-order chi connectivity index (χ0) is 12.4. The van der Waals surface area contributed by atoms with Gasteiger partial charge in [-0.25, -0.2) is 9.79 Å². The lowest BCUT2D eigenvalue weighted by Gasteiger charge is -1.99. The lowest BCUT2D eigenvalue weighted by Crippen LogP contribution is -2.09. The second-order valence-corrected chi connectivity index (χ2v) is 4.44. The van der Waals surface area contributed by atoms with E-state index in [0.29, 0.717) is 11.6 Å². The maximum absolute atomic E-state index is 11.6. The molecule has 0 aliphatic carbocycles. The highest BCUT2D eigenvalue weighted by atomic mass is 16.6. The van der Waals surface area contributed by atoms with Crippen LogP contribution in [0.5, 0.6) is 0 Å². The first-order chi connectivity index (χ1) is 8.06. The van der Waals surface area contributed by atoms with E-state index in [1.165, 1.54) is 0 Å². The lowest BCUT2D eigenvalue weighted by molar-refractivity contribution is -0.130. The molecule has 0 saturated heterocycles. The van der Waals surface area contributed by atoms with Crippen LogP contribution in [0.1, 0.15) is 25.0 Å². The van der Waals surface area contributed by atoms with Gasteiger partial charge in [0.05, 0.1) is 0 Å². The normalized spacial score (nSPS) is 17.5. The van der Waals surface area contributed by atoms with Crippen LogP contribution in [0.2, 0.25) is 0 Å². The van der Waals surface area contributed by atoms with Gasteiger partial charge in [0, 0.05) is 5.92 Å². The van der Waals surface area contributed by atoms with Crippen LogP contribution in [-0.4, -0.2) is 11.9 Å². The smallest absolute Gasteiger partial charge is 0.363 e. The van der Waals surface area contributed by atoms with Gasteiger partial charge in [-0.15, -0.1) is 0 Å². The van der Waals surface area contributed by atoms with E-state index in [1.807, 2.05) is 45.0 Å². The van der Waals surface area contributed by atoms with Crippen molar-refractivity contribution in [3.63, 3.8) is 0 Å². The van der Waals surface area contributed by atoms with Crippen molar-refractivity contribution in [2.45, 2.75) is 20.8 Å². The summed E-state index contributed by atoms with van der Waals surface area (Å²) in [5, 5.41) is 0. The Labute approximate surface area is 101 Å². The van der Waals surface area contributed by atoms with Crippen LogP contribution in [0.25, 0.3) is 6.08 Å². The van der Waals surface area contributed by atoms with Gasteiger partial charge < -0.3 is 4.74 Å². The molecule has 3 nitrogen and oxygen atoms in total. The molecule has 1 aromatic carbocycles. The molecule has 17 heavy (non-hydrogen) atoms. The van der Waals surface area contributed by atoms with Gasteiger partial charge in [0.25, 0.3) is 0 Å². The highest BCUT2D eigenvalue weighted by Gasteiger charge is 2.24. The van der Waals surface area contributed by atoms with Crippen LogP contribution in [0.3, 0.4) is 0 Å². The first-order valence-corrected chi connectivity index (χ1v) is 5.65. The Kier molecular flexibility index (Phi) is 3.09. The highest BCUT2D eigenvalue weighted by molar-refractivity contribution is 6.07. The van der Waals surface area contributed by atoms with Crippen molar-refractivity contribution in [3.05, 3.63) is 41.1 Å². The molecule has 0 N–H and O–H groups in total. The van der Waals surface area contributed by atoms with E-state index in [-0.39, 0.29) is 11.9 Å². The Hall–Kier alpha value is -1.90. The Morgan fingerprint density at radius 1 is 1.35 bits per heavy atom. The number of aliphatic imine (C=N–C) groups is 1. The molecule has 0 aromatic heterocycles. The van der Waals surface area contributed by atoms with Crippen LogP contribution in [-0.2, 0) is 9.53 Å². The molecule has 1 heterocycles. The summed E-state index contributed by atoms with van der Waals surface area (Å²) in [7, 11) is 0. The van der Waals surface area contributed by atoms with Gasteiger partial charge in [-0.05, 0) is 18.6 Å². The molecule has 0 bridgehead atoms. The fraction of sp³-hybridized carbons (Fsp3) is 0.286. The van der Waals surface area contributed by atoms with E-state index in [9.17, 15) is 4.79 Å². The molecule has 1 aliphatic rings. The average Bonchev–Trinajstić information content (AvgIpc) is 2.61. The molecule has 1 aliphatic heterocycles. The number of hydrogen-bond acceptors (Lipinski definition) is 3. The number of rotatable bonds is 2. The molecule has 0 amide bonds. The van der Waals surface area contributed by atoms with Crippen molar-refractivity contribution >= 4 is 17.9 Å². The Morgan fingerprint density at radius 3 is 2.71 bits per heavy atom. The van der Waals surface area contributed by atoms with Crippen molar-refractivity contribution < 1.29 is 9.53 Å². The monoisotopic (exact) mass is 229 g/mol. The molecular formula is C14H15NO2. The van der Waals surface area contributed by atoms with Crippen LogP contribution in [0.4, 0.5) is 0 Å². The first-order valence-electron chi connectivity index (χ1n) is 5.65. The number of ether oxygens (including phenoxy) is 1. The summed E-state index contributed by atoms with van der Waals surface area (Å²) in [4.78, 5) is 15.8. The Balaban J connectivity index is 2.31. The largest absolute Gasteiger partial charge is 0.407 e. The number of carbonyl (C=O) groups excluding carboxylic acids is 1. The number of aryl methyl sites for hydroxylation is 1. The van der Waals surface area contributed by atoms with E-state index >= 15 is 0 Å². The molecule has 0 spiro atoms. The van der Waals surface area contributed by atoms with E-state index in [1.54, 1.807) is 6.08 Å². The third-order valence-corrected chi connectivity index (χ3v) is 2.48. The molecule has 1 aromatic rings. The van der Waals surface area contributed by atoms with Crippen molar-refractivity contribution in [1.82, 2.24) is 0 Å². The van der Waals surface area contributed by atoms with Gasteiger partial charge in [0.1, 0.15) is 0 Å². The summed E-state index contributed by atoms with van der Waals surface area (Å²) < 4.78 is 5.08. The molecular weight excluding hydrogens is 214 g/mol. The fourth-order valence-corrected chi connectivity index (χ4v) is 1.59. The fourth-order valence-electron chi connectivity index (χ4n) is 1.59. The van der Waals surface area contributed by atoms with Crippen molar-refractivity contribution in [1.29, 1.82) is 0 Å². The molecule has 0 unspecified atom stereocenters. The van der Waals surface area contributed by atoms with E-state index in [0.717, 1.165) is 11.1 Å². The molecule has 2 rings (SSSR count). The van der Waals surface area contributed by atoms with Crippen molar-refractivity contribution in [3.8, 4) is 0 Å². The Bertz CT molecular complexity index is 513. The average molecular weight is 229 g/mol. The van der Waals surface area contributed by atoms with Gasteiger partial charge in [0.2, 0.25) is 5.90 Å². The molecule has 0 saturated carbocycles. The van der Waals surface area contributed by atoms with Gasteiger partial charge in [-0.1, -0.05) is 43.7 Å². The van der Waals surface area contributed by atoms with Gasteiger partial charge in [0.15, 0.2) is 5.70 Å². The maximum Gasteiger partial charge on any atom is 0.363 e. The van der Waals surface area contributed by atoms with E-state index in [2.05, 4.69) is 4.99 Å². The number of esters is 1. The second-order valence-electron chi connectivity index (χ2n) is 4.44. The number of cyclic esters (lactones) is 1. The van der Waals surface area contributed by atoms with Crippen molar-refractivity contribution in [2.24, 2.45) is 10.9 Å². The third kappa shape index (κ3) is 2.61. The quantitative estimate of drug-likeness (QED) is 0.577. The summed E-state index contributed by atoms with van der Waals surface area (Å²) in [5.74, 6) is 0.256. The predicted octanol–water partition coefficient (Wildman–Crippen LogP) is 2.95. The number of benzene rings is 1. The zero-order valence-electron chi connectivity index (χ0n) is 10.2. The molecule has 88 valence electrons. The highest BCUT2D eigenvalue weighted by Crippen LogP contribution is 2.18. The summed E-state index contributed by atoms with van der Waals surface area (Å²) in [6.07, 6.45) is 1.75. The lowest BCUT2D eigenvalue weighted by atomic mass is 10.1. The summed E-state index contributed by atoms with van der Waals surface area (Å²) in [6.45, 7) is 5.90. The summed E-state index contributed by atoms with van der Waals surface area (Å²) in [6, 6.07) is 7.91. The number of nitrogens with zero attached hydrogens (tertiary/aromatic N) is 1. The Morgan fingerprint density at radius 2 is 2.12 bits per heavy atom. The second kappa shape index (κ2) is 4.53. The minimum absolute atomic E-state index is 0.127. The SMILES string of the molecule is Cc1cccc(/C=C2/N=C(C(C)C)OC2=O)c1. The molecule has 3 heteroatoms. The molecule has 0 atom stereocenters. The standard InChI is InChI=1S/C14H15NO2/c1-9(2)13-15-12(14(16)17-13)8-11-6-4-5-10(3)7-11/h4-9H,1-3H3/b12-8+. The van der Waals surface area contributed by atoms with Gasteiger partial charge in [-0.2, -0.15) is 0 Å². The maximum atomic E-state index is 11.6. The minimum atomic E-state index is -0.366. The first kappa shape index (κ1) is 11.6. The van der Waals surface area contributed by atoms with Gasteiger partial charge >= 0.3 is 5.97 Å². The zero-order valence-corrected chi connectivity index (χ0v) is 10.2. The topological polar surface area (TPSA) is 38.7 Å². The van der Waals surface area contributed by atoms with E-state index in [4.69, 9.17) is 4.74 Å².